The predicted octanol–water partition coefficient (Wildman–Crippen LogP) is 3.12. The maximum absolute atomic E-state index is 12.5. The van der Waals surface area contributed by atoms with E-state index in [2.05, 4.69) is 0 Å². The van der Waals surface area contributed by atoms with Gasteiger partial charge in [0.2, 0.25) is 0 Å². The number of anilines is 2. The maximum atomic E-state index is 12.5. The van der Waals surface area contributed by atoms with Crippen molar-refractivity contribution >= 4 is 11.4 Å². The molecule has 0 aliphatic heterocycles. The van der Waals surface area contributed by atoms with Gasteiger partial charge < -0.3 is 11.5 Å². The van der Waals surface area contributed by atoms with Crippen LogP contribution in [0.25, 0.3) is 0 Å². The van der Waals surface area contributed by atoms with Gasteiger partial charge in [0.15, 0.2) is 0 Å². The van der Waals surface area contributed by atoms with Gasteiger partial charge in [-0.05, 0) is 36.8 Å². The summed E-state index contributed by atoms with van der Waals surface area (Å²) in [5.41, 5.74) is 11.7. The summed E-state index contributed by atoms with van der Waals surface area (Å²) in [5, 5.41) is 0. The molecule has 0 aliphatic carbocycles. The molecule has 0 aromatic heterocycles. The van der Waals surface area contributed by atoms with E-state index in [1.807, 2.05) is 6.92 Å². The molecular weight excluding hydrogens is 222 g/mol. The number of benzene rings is 2. The highest BCUT2D eigenvalue weighted by molar-refractivity contribution is 5.40. The van der Waals surface area contributed by atoms with E-state index >= 15 is 0 Å². The maximum Gasteiger partial charge on any atom is 0.146 e. The monoisotopic (exact) mass is 236 g/mol. The largest absolute Gasteiger partial charge is 0.396 e. The highest BCUT2D eigenvalue weighted by Crippen LogP contribution is 2.10. The van der Waals surface area contributed by atoms with Crippen molar-refractivity contribution in [3.8, 4) is 0 Å². The molecule has 0 fully saturated rings. The smallest absolute Gasteiger partial charge is 0.146 e. The zero-order chi connectivity index (χ0) is 12.8. The quantitative estimate of drug-likeness (QED) is 0.690. The van der Waals surface area contributed by atoms with Crippen LogP contribution in [0.15, 0.2) is 42.5 Å². The van der Waals surface area contributed by atoms with Gasteiger partial charge in [0.25, 0.3) is 0 Å². The molecule has 2 aromatic carbocycles. The van der Waals surface area contributed by atoms with Crippen LogP contribution in [0.4, 0.5) is 20.2 Å². The van der Waals surface area contributed by atoms with Gasteiger partial charge in [0.05, 0.1) is 11.4 Å². The molecule has 0 saturated carbocycles. The van der Waals surface area contributed by atoms with E-state index in [0.717, 1.165) is 5.56 Å². The Morgan fingerprint density at radius 1 is 0.824 bits per heavy atom. The highest BCUT2D eigenvalue weighted by atomic mass is 19.1. The van der Waals surface area contributed by atoms with E-state index in [9.17, 15) is 8.78 Å². The summed E-state index contributed by atoms with van der Waals surface area (Å²) in [6.07, 6.45) is 0. The van der Waals surface area contributed by atoms with Gasteiger partial charge in [-0.3, -0.25) is 0 Å². The van der Waals surface area contributed by atoms with E-state index in [-0.39, 0.29) is 23.0 Å². The van der Waals surface area contributed by atoms with Gasteiger partial charge in [-0.25, -0.2) is 8.78 Å². The third-order valence-electron chi connectivity index (χ3n) is 2.06. The van der Waals surface area contributed by atoms with E-state index < -0.39 is 0 Å². The summed E-state index contributed by atoms with van der Waals surface area (Å²) >= 11 is 0. The van der Waals surface area contributed by atoms with Gasteiger partial charge in [-0.15, -0.1) is 0 Å². The number of hydrogen-bond donors (Lipinski definition) is 2. The first-order chi connectivity index (χ1) is 8.00. The van der Waals surface area contributed by atoms with Crippen LogP contribution < -0.4 is 11.5 Å². The molecule has 0 saturated heterocycles. The van der Waals surface area contributed by atoms with Gasteiger partial charge in [0.1, 0.15) is 11.6 Å². The molecule has 90 valence electrons. The molecule has 4 heteroatoms. The van der Waals surface area contributed by atoms with Crippen molar-refractivity contribution in [1.82, 2.24) is 0 Å². The molecule has 0 bridgehead atoms. The Morgan fingerprint density at radius 3 is 1.82 bits per heavy atom. The summed E-state index contributed by atoms with van der Waals surface area (Å²) < 4.78 is 24.6. The molecule has 2 rings (SSSR count). The number of nitrogen functional groups attached to an aromatic ring is 2. The first-order valence-corrected chi connectivity index (χ1v) is 5.02. The van der Waals surface area contributed by atoms with E-state index in [4.69, 9.17) is 11.5 Å². The van der Waals surface area contributed by atoms with Crippen LogP contribution in [0, 0.1) is 18.6 Å². The van der Waals surface area contributed by atoms with Crippen molar-refractivity contribution in [3.05, 3.63) is 59.7 Å². The van der Waals surface area contributed by atoms with Crippen molar-refractivity contribution in [3.63, 3.8) is 0 Å². The Morgan fingerprint density at radius 2 is 1.41 bits per heavy atom. The van der Waals surface area contributed by atoms with Crippen LogP contribution >= 0.6 is 0 Å². The van der Waals surface area contributed by atoms with Crippen LogP contribution in [-0.2, 0) is 0 Å². The topological polar surface area (TPSA) is 52.0 Å². The lowest BCUT2D eigenvalue weighted by atomic mass is 10.2. The second-order valence-electron chi connectivity index (χ2n) is 3.55. The minimum absolute atomic E-state index is 0.201. The molecule has 0 aliphatic rings. The van der Waals surface area contributed by atoms with Gasteiger partial charge in [0, 0.05) is 0 Å². The lowest BCUT2D eigenvalue weighted by molar-refractivity contribution is 0.631. The first kappa shape index (κ1) is 13.0. The fourth-order valence-electron chi connectivity index (χ4n) is 1.11. The van der Waals surface area contributed by atoms with Crippen LogP contribution in [0.5, 0.6) is 0 Å². The lowest BCUT2D eigenvalue weighted by Gasteiger charge is -1.94. The van der Waals surface area contributed by atoms with Crippen molar-refractivity contribution in [2.45, 2.75) is 6.92 Å². The van der Waals surface area contributed by atoms with Crippen molar-refractivity contribution < 1.29 is 8.78 Å². The van der Waals surface area contributed by atoms with Gasteiger partial charge >= 0.3 is 0 Å². The fourth-order valence-corrected chi connectivity index (χ4v) is 1.11. The minimum Gasteiger partial charge on any atom is -0.396 e. The molecular formula is C13H14F2N2. The summed E-state index contributed by atoms with van der Waals surface area (Å²) in [5.74, 6) is -0.692. The first-order valence-electron chi connectivity index (χ1n) is 5.02. The van der Waals surface area contributed by atoms with Gasteiger partial charge in [-0.1, -0.05) is 18.2 Å². The molecule has 0 heterocycles. The molecule has 17 heavy (non-hydrogen) atoms. The lowest BCUT2D eigenvalue weighted by Crippen LogP contribution is -1.89. The normalized spacial score (nSPS) is 9.35. The number of hydrogen-bond acceptors (Lipinski definition) is 2. The summed E-state index contributed by atoms with van der Waals surface area (Å²) in [4.78, 5) is 0. The molecule has 4 N–H and O–H groups in total. The SMILES string of the molecule is Cc1ccc(N)c(F)c1.Nc1ccccc1F. The van der Waals surface area contributed by atoms with Crippen LogP contribution in [0.1, 0.15) is 5.56 Å². The van der Waals surface area contributed by atoms with Crippen LogP contribution in [0.2, 0.25) is 0 Å². The summed E-state index contributed by atoms with van der Waals surface area (Å²) in [6.45, 7) is 1.82. The minimum atomic E-state index is -0.354. The fraction of sp³-hybridized carbons (Fsp3) is 0.0769. The van der Waals surface area contributed by atoms with Crippen molar-refractivity contribution in [2.24, 2.45) is 0 Å². The van der Waals surface area contributed by atoms with Crippen LogP contribution in [0.3, 0.4) is 0 Å². The third-order valence-corrected chi connectivity index (χ3v) is 2.06. The molecule has 2 nitrogen and oxygen atoms in total. The van der Waals surface area contributed by atoms with Crippen LogP contribution in [-0.4, -0.2) is 0 Å². The van der Waals surface area contributed by atoms with E-state index in [1.54, 1.807) is 24.3 Å². The standard InChI is InChI=1S/C7H8FN.C6H6FN/c1-5-2-3-7(9)6(8)4-5;7-5-3-1-2-4-6(5)8/h2-4H,9H2,1H3;1-4H,8H2. The highest BCUT2D eigenvalue weighted by Gasteiger charge is 1.94. The molecule has 2 aromatic rings. The number of nitrogens with two attached hydrogens (primary N) is 2. The Kier molecular flexibility index (Phi) is 4.46. The molecule has 0 atom stereocenters. The second-order valence-corrected chi connectivity index (χ2v) is 3.55. The van der Waals surface area contributed by atoms with E-state index in [0.29, 0.717) is 0 Å². The van der Waals surface area contributed by atoms with E-state index in [1.165, 1.54) is 18.2 Å². The Hall–Kier alpha value is -2.10. The number of rotatable bonds is 0. The van der Waals surface area contributed by atoms with Gasteiger partial charge in [-0.2, -0.15) is 0 Å². The molecule has 0 amide bonds. The number of halogens is 2. The molecule has 0 spiro atoms. The zero-order valence-corrected chi connectivity index (χ0v) is 9.45. The molecule has 0 unspecified atom stereocenters. The van der Waals surface area contributed by atoms with Crippen molar-refractivity contribution in [1.29, 1.82) is 0 Å². The number of para-hydroxylation sites is 1. The summed E-state index contributed by atoms with van der Waals surface area (Å²) in [7, 11) is 0. The predicted molar refractivity (Wildman–Crippen MR) is 66.4 cm³/mol. The Bertz CT molecular complexity index is 478. The third kappa shape index (κ3) is 4.10. The second kappa shape index (κ2) is 5.84. The van der Waals surface area contributed by atoms with Crippen molar-refractivity contribution in [2.75, 3.05) is 11.5 Å². The average Bonchev–Trinajstić information content (AvgIpc) is 2.29. The summed E-state index contributed by atoms with van der Waals surface area (Å²) in [6, 6.07) is 10.9. The molecule has 0 radical (unpaired) electrons. The Labute approximate surface area is 98.9 Å². The zero-order valence-electron chi connectivity index (χ0n) is 9.45. The number of aryl methyl sites for hydroxylation is 1. The average molecular weight is 236 g/mol. The Balaban J connectivity index is 0.000000171.